The molecule has 2 nitrogen and oxygen atoms in total. The summed E-state index contributed by atoms with van der Waals surface area (Å²) in [5.74, 6) is 0.675. The molecule has 1 N–H and O–H groups in total. The lowest BCUT2D eigenvalue weighted by Gasteiger charge is -2.35. The zero-order chi connectivity index (χ0) is 14.8. The highest BCUT2D eigenvalue weighted by Crippen LogP contribution is 2.32. The second-order valence-electron chi connectivity index (χ2n) is 7.38. The maximum atomic E-state index is 3.65. The van der Waals surface area contributed by atoms with Crippen molar-refractivity contribution in [3.05, 3.63) is 22.4 Å². The second kappa shape index (κ2) is 6.59. The van der Waals surface area contributed by atoms with Crippen LogP contribution in [0.5, 0.6) is 0 Å². The van der Waals surface area contributed by atoms with Gasteiger partial charge in [-0.1, -0.05) is 6.92 Å². The number of thiophene rings is 1. The monoisotopic (exact) mass is 294 g/mol. The van der Waals surface area contributed by atoms with E-state index in [4.69, 9.17) is 0 Å². The Hall–Kier alpha value is -0.380. The summed E-state index contributed by atoms with van der Waals surface area (Å²) in [6.45, 7) is 13.7. The van der Waals surface area contributed by atoms with Gasteiger partial charge < -0.3 is 5.32 Å². The molecule has 1 saturated carbocycles. The van der Waals surface area contributed by atoms with Crippen LogP contribution in [-0.4, -0.2) is 29.1 Å². The Kier molecular flexibility index (Phi) is 5.27. The minimum absolute atomic E-state index is 0.214. The van der Waals surface area contributed by atoms with E-state index in [-0.39, 0.29) is 5.54 Å². The van der Waals surface area contributed by atoms with Crippen molar-refractivity contribution in [2.75, 3.05) is 6.54 Å². The van der Waals surface area contributed by atoms with Gasteiger partial charge in [0.25, 0.3) is 0 Å². The van der Waals surface area contributed by atoms with Gasteiger partial charge in [0, 0.05) is 24.2 Å². The van der Waals surface area contributed by atoms with Crippen LogP contribution in [0.25, 0.3) is 0 Å². The van der Waals surface area contributed by atoms with Gasteiger partial charge in [0.1, 0.15) is 0 Å². The van der Waals surface area contributed by atoms with Gasteiger partial charge in [0.2, 0.25) is 0 Å². The van der Waals surface area contributed by atoms with Gasteiger partial charge in [-0.3, -0.25) is 4.90 Å². The third-order valence-electron chi connectivity index (χ3n) is 4.26. The quantitative estimate of drug-likeness (QED) is 0.813. The predicted octanol–water partition coefficient (Wildman–Crippen LogP) is 4.13. The molecule has 1 aromatic heterocycles. The smallest absolute Gasteiger partial charge is 0.0247 e. The summed E-state index contributed by atoms with van der Waals surface area (Å²) < 4.78 is 0. The lowest BCUT2D eigenvalue weighted by molar-refractivity contribution is 0.138. The van der Waals surface area contributed by atoms with Gasteiger partial charge in [-0.2, -0.15) is 11.3 Å². The first-order chi connectivity index (χ1) is 9.37. The van der Waals surface area contributed by atoms with E-state index in [0.29, 0.717) is 12.0 Å². The van der Waals surface area contributed by atoms with E-state index >= 15 is 0 Å². The molecule has 1 aliphatic rings. The fourth-order valence-corrected chi connectivity index (χ4v) is 3.23. The normalized spacial score (nSPS) is 19.3. The van der Waals surface area contributed by atoms with Crippen molar-refractivity contribution < 1.29 is 0 Å². The third kappa shape index (κ3) is 4.87. The molecular formula is C17H30N2S. The summed E-state index contributed by atoms with van der Waals surface area (Å²) in [7, 11) is 0. The molecule has 2 atom stereocenters. The van der Waals surface area contributed by atoms with Crippen LogP contribution in [0.2, 0.25) is 0 Å². The number of hydrogen-bond acceptors (Lipinski definition) is 3. The SMILES string of the molecule is CC(CNC(C)(C)C)C(C)N(Cc1ccsc1)C1CC1. The summed E-state index contributed by atoms with van der Waals surface area (Å²) in [4.78, 5) is 2.72. The van der Waals surface area contributed by atoms with Gasteiger partial charge in [0.05, 0.1) is 0 Å². The van der Waals surface area contributed by atoms with Crippen molar-refractivity contribution in [2.45, 2.75) is 71.6 Å². The number of rotatable bonds is 7. The highest BCUT2D eigenvalue weighted by molar-refractivity contribution is 7.07. The van der Waals surface area contributed by atoms with Crippen LogP contribution in [-0.2, 0) is 6.54 Å². The van der Waals surface area contributed by atoms with Crippen LogP contribution in [0.1, 0.15) is 53.0 Å². The Bertz CT molecular complexity index is 390. The van der Waals surface area contributed by atoms with Crippen LogP contribution >= 0.6 is 11.3 Å². The van der Waals surface area contributed by atoms with E-state index in [1.807, 2.05) is 11.3 Å². The van der Waals surface area contributed by atoms with Crippen molar-refractivity contribution in [3.63, 3.8) is 0 Å². The van der Waals surface area contributed by atoms with E-state index in [1.165, 1.54) is 18.4 Å². The zero-order valence-corrected chi connectivity index (χ0v) is 14.5. The van der Waals surface area contributed by atoms with Gasteiger partial charge in [-0.25, -0.2) is 0 Å². The minimum Gasteiger partial charge on any atom is -0.312 e. The lowest BCUT2D eigenvalue weighted by atomic mass is 9.99. The summed E-state index contributed by atoms with van der Waals surface area (Å²) in [5, 5.41) is 8.13. The second-order valence-corrected chi connectivity index (χ2v) is 8.16. The highest BCUT2D eigenvalue weighted by atomic mass is 32.1. The molecule has 1 aliphatic carbocycles. The van der Waals surface area contributed by atoms with E-state index in [2.05, 4.69) is 61.7 Å². The predicted molar refractivity (Wildman–Crippen MR) is 89.3 cm³/mol. The summed E-state index contributed by atoms with van der Waals surface area (Å²) in [6.07, 6.45) is 2.77. The molecule has 114 valence electrons. The fourth-order valence-electron chi connectivity index (χ4n) is 2.57. The lowest BCUT2D eigenvalue weighted by Crippen LogP contribution is -2.45. The summed E-state index contributed by atoms with van der Waals surface area (Å²) >= 11 is 1.81. The molecule has 2 rings (SSSR count). The Morgan fingerprint density at radius 2 is 2.05 bits per heavy atom. The van der Waals surface area contributed by atoms with E-state index in [9.17, 15) is 0 Å². The zero-order valence-electron chi connectivity index (χ0n) is 13.6. The standard InChI is InChI=1S/C17H30N2S/c1-13(10-18-17(3,4)5)14(2)19(16-6-7-16)11-15-8-9-20-12-15/h8-9,12-14,16,18H,6-7,10-11H2,1-5H3. The molecule has 1 heterocycles. The number of nitrogens with zero attached hydrogens (tertiary/aromatic N) is 1. The first-order valence-electron chi connectivity index (χ1n) is 7.88. The fraction of sp³-hybridized carbons (Fsp3) is 0.765. The maximum Gasteiger partial charge on any atom is 0.0247 e. The number of hydrogen-bond donors (Lipinski definition) is 1. The first kappa shape index (κ1) is 16.0. The molecule has 1 aromatic rings. The molecule has 0 bridgehead atoms. The summed E-state index contributed by atoms with van der Waals surface area (Å²) in [6, 6.07) is 3.73. The van der Waals surface area contributed by atoms with Crippen molar-refractivity contribution in [1.29, 1.82) is 0 Å². The molecule has 2 unspecified atom stereocenters. The Balaban J connectivity index is 1.91. The van der Waals surface area contributed by atoms with Gasteiger partial charge in [-0.05, 0) is 75.4 Å². The molecule has 0 amide bonds. The average Bonchev–Trinajstić information content (AvgIpc) is 3.08. The maximum absolute atomic E-state index is 3.65. The van der Waals surface area contributed by atoms with Gasteiger partial charge >= 0.3 is 0 Å². The van der Waals surface area contributed by atoms with E-state index < -0.39 is 0 Å². The Labute approximate surface area is 128 Å². The molecule has 1 fully saturated rings. The average molecular weight is 295 g/mol. The largest absolute Gasteiger partial charge is 0.312 e. The first-order valence-corrected chi connectivity index (χ1v) is 8.83. The van der Waals surface area contributed by atoms with Gasteiger partial charge in [-0.15, -0.1) is 0 Å². The minimum atomic E-state index is 0.214. The van der Waals surface area contributed by atoms with Crippen molar-refractivity contribution >= 4 is 11.3 Å². The van der Waals surface area contributed by atoms with Crippen LogP contribution in [0.3, 0.4) is 0 Å². The molecule has 3 heteroatoms. The van der Waals surface area contributed by atoms with Crippen LogP contribution < -0.4 is 5.32 Å². The van der Waals surface area contributed by atoms with Crippen LogP contribution in [0.15, 0.2) is 16.8 Å². The Morgan fingerprint density at radius 3 is 2.55 bits per heavy atom. The third-order valence-corrected chi connectivity index (χ3v) is 4.99. The molecular weight excluding hydrogens is 264 g/mol. The molecule has 0 aromatic carbocycles. The molecule has 0 spiro atoms. The Morgan fingerprint density at radius 1 is 1.35 bits per heavy atom. The highest BCUT2D eigenvalue weighted by Gasteiger charge is 2.34. The molecule has 20 heavy (non-hydrogen) atoms. The van der Waals surface area contributed by atoms with Crippen molar-refractivity contribution in [1.82, 2.24) is 10.2 Å². The molecule has 0 radical (unpaired) electrons. The molecule has 0 aliphatic heterocycles. The van der Waals surface area contributed by atoms with Crippen LogP contribution in [0, 0.1) is 5.92 Å². The van der Waals surface area contributed by atoms with Crippen molar-refractivity contribution in [2.24, 2.45) is 5.92 Å². The van der Waals surface area contributed by atoms with Crippen LogP contribution in [0.4, 0.5) is 0 Å². The topological polar surface area (TPSA) is 15.3 Å². The molecule has 0 saturated heterocycles. The van der Waals surface area contributed by atoms with Gasteiger partial charge in [0.15, 0.2) is 0 Å². The van der Waals surface area contributed by atoms with Crippen molar-refractivity contribution in [3.8, 4) is 0 Å². The number of nitrogens with one attached hydrogen (secondary N) is 1. The van der Waals surface area contributed by atoms with E-state index in [0.717, 1.165) is 19.1 Å². The summed E-state index contributed by atoms with van der Waals surface area (Å²) in [5.41, 5.74) is 1.69. The van der Waals surface area contributed by atoms with E-state index in [1.54, 1.807) is 0 Å².